The average Bonchev–Trinajstić information content (AvgIpc) is 2.81. The maximum absolute atomic E-state index is 12.0. The zero-order chi connectivity index (χ0) is 19.3. The molecule has 2 N–H and O–H groups in total. The molecule has 0 bridgehead atoms. The van der Waals surface area contributed by atoms with Gasteiger partial charge in [-0.25, -0.2) is 0 Å². The van der Waals surface area contributed by atoms with Crippen LogP contribution >= 0.6 is 27.3 Å². The monoisotopic (exact) mass is 439 g/mol. The third-order valence-corrected chi connectivity index (χ3v) is 5.58. The molecule has 0 aliphatic rings. The maximum Gasteiger partial charge on any atom is 0.307 e. The van der Waals surface area contributed by atoms with Gasteiger partial charge in [-0.15, -0.1) is 0 Å². The van der Waals surface area contributed by atoms with E-state index in [0.29, 0.717) is 6.54 Å². The van der Waals surface area contributed by atoms with Gasteiger partial charge in [0.05, 0.1) is 0 Å². The quantitative estimate of drug-likeness (QED) is 0.695. The van der Waals surface area contributed by atoms with E-state index >= 15 is 0 Å². The number of hydrogen-bond donors (Lipinski definition) is 2. The second-order valence-electron chi connectivity index (χ2n) is 6.02. The second-order valence-corrected chi connectivity index (χ2v) is 8.10. The summed E-state index contributed by atoms with van der Waals surface area (Å²) in [6.07, 6.45) is 0.400. The van der Waals surface area contributed by atoms with E-state index < -0.39 is 0 Å². The lowest BCUT2D eigenvalue weighted by Gasteiger charge is -2.10. The Morgan fingerprint density at radius 3 is 2.54 bits per heavy atom. The van der Waals surface area contributed by atoms with Gasteiger partial charge in [0.2, 0.25) is 11.8 Å². The molecule has 0 aliphatic carbocycles. The number of halogens is 1. The van der Waals surface area contributed by atoms with Gasteiger partial charge in [0.15, 0.2) is 0 Å². The minimum atomic E-state index is -0.174. The van der Waals surface area contributed by atoms with Crippen LogP contribution in [0.5, 0.6) is 0 Å². The molecule has 0 radical (unpaired) electrons. The van der Waals surface area contributed by atoms with Crippen LogP contribution in [-0.4, -0.2) is 22.9 Å². The van der Waals surface area contributed by atoms with Crippen LogP contribution in [0, 0.1) is 20.8 Å². The Balaban J connectivity index is 1.75. The molecule has 0 saturated heterocycles. The summed E-state index contributed by atoms with van der Waals surface area (Å²) in [5, 5.41) is 5.56. The fraction of sp³-hybridized carbons (Fsp3) is 0.389. The molecule has 0 fully saturated rings. The van der Waals surface area contributed by atoms with Crippen molar-refractivity contribution in [1.29, 1.82) is 0 Å². The summed E-state index contributed by atoms with van der Waals surface area (Å²) < 4.78 is 2.50. The topological polar surface area (TPSA) is 80.2 Å². The van der Waals surface area contributed by atoms with E-state index in [1.54, 1.807) is 4.57 Å². The molecule has 2 aromatic rings. The van der Waals surface area contributed by atoms with Crippen molar-refractivity contribution in [3.63, 3.8) is 0 Å². The summed E-state index contributed by atoms with van der Waals surface area (Å²) in [5.41, 5.74) is 2.62. The Kier molecular flexibility index (Phi) is 7.16. The zero-order valence-electron chi connectivity index (χ0n) is 15.0. The SMILES string of the molecule is Cc1ccc(Br)cc1NC(=O)CCNC(=O)CCn1c(C)c(C)sc1=O. The number of anilines is 1. The minimum absolute atomic E-state index is 0.0448. The molecule has 1 aromatic carbocycles. The van der Waals surface area contributed by atoms with Crippen molar-refractivity contribution in [3.05, 3.63) is 48.5 Å². The summed E-state index contributed by atoms with van der Waals surface area (Å²) in [6, 6.07) is 5.67. The smallest absolute Gasteiger partial charge is 0.307 e. The number of aryl methyl sites for hydroxylation is 2. The highest BCUT2D eigenvalue weighted by Gasteiger charge is 2.10. The number of rotatable bonds is 7. The van der Waals surface area contributed by atoms with Crippen LogP contribution in [0.15, 0.2) is 27.5 Å². The number of hydrogen-bond acceptors (Lipinski definition) is 4. The van der Waals surface area contributed by atoms with Gasteiger partial charge in [0.1, 0.15) is 0 Å². The van der Waals surface area contributed by atoms with Gasteiger partial charge in [-0.2, -0.15) is 0 Å². The average molecular weight is 440 g/mol. The van der Waals surface area contributed by atoms with Crippen molar-refractivity contribution >= 4 is 44.8 Å². The van der Waals surface area contributed by atoms with Gasteiger partial charge < -0.3 is 15.2 Å². The standard InChI is InChI=1S/C18H22BrN3O3S/c1-11-4-5-14(19)10-15(11)21-17(24)6-8-20-16(23)7-9-22-12(2)13(3)26-18(22)25/h4-5,10H,6-9H2,1-3H3,(H,20,23)(H,21,24). The van der Waals surface area contributed by atoms with Crippen molar-refractivity contribution in [2.75, 3.05) is 11.9 Å². The molecule has 0 aliphatic heterocycles. The fourth-order valence-electron chi connectivity index (χ4n) is 2.40. The first kappa shape index (κ1) is 20.4. The summed E-state index contributed by atoms with van der Waals surface area (Å²) in [6.45, 7) is 6.29. The van der Waals surface area contributed by atoms with Gasteiger partial charge in [-0.3, -0.25) is 14.4 Å². The number of amides is 2. The molecule has 0 saturated carbocycles. The summed E-state index contributed by atoms with van der Waals surface area (Å²) in [4.78, 5) is 36.6. The molecule has 8 heteroatoms. The zero-order valence-corrected chi connectivity index (χ0v) is 17.4. The number of carbonyl (C=O) groups is 2. The van der Waals surface area contributed by atoms with E-state index in [1.165, 1.54) is 11.3 Å². The normalized spacial score (nSPS) is 10.6. The molecule has 140 valence electrons. The highest BCUT2D eigenvalue weighted by atomic mass is 79.9. The van der Waals surface area contributed by atoms with Crippen LogP contribution in [0.4, 0.5) is 5.69 Å². The van der Waals surface area contributed by atoms with Crippen molar-refractivity contribution in [3.8, 4) is 0 Å². The third-order valence-electron chi connectivity index (χ3n) is 4.09. The maximum atomic E-state index is 12.0. The fourth-order valence-corrected chi connectivity index (χ4v) is 3.62. The van der Waals surface area contributed by atoms with Crippen LogP contribution < -0.4 is 15.5 Å². The minimum Gasteiger partial charge on any atom is -0.356 e. The Morgan fingerprint density at radius 2 is 1.88 bits per heavy atom. The van der Waals surface area contributed by atoms with E-state index in [-0.39, 0.29) is 36.1 Å². The van der Waals surface area contributed by atoms with Gasteiger partial charge in [0.25, 0.3) is 0 Å². The van der Waals surface area contributed by atoms with Crippen molar-refractivity contribution in [1.82, 2.24) is 9.88 Å². The molecular formula is C18H22BrN3O3S. The Labute approximate surface area is 164 Å². The molecule has 0 unspecified atom stereocenters. The lowest BCUT2D eigenvalue weighted by Crippen LogP contribution is -2.29. The summed E-state index contributed by atoms with van der Waals surface area (Å²) in [5.74, 6) is -0.335. The van der Waals surface area contributed by atoms with Crippen LogP contribution in [0.2, 0.25) is 0 Å². The predicted octanol–water partition coefficient (Wildman–Crippen LogP) is 3.13. The molecule has 0 spiro atoms. The third kappa shape index (κ3) is 5.54. The van der Waals surface area contributed by atoms with Crippen molar-refractivity contribution in [2.45, 2.75) is 40.2 Å². The molecule has 6 nitrogen and oxygen atoms in total. The highest BCUT2D eigenvalue weighted by Crippen LogP contribution is 2.20. The number of nitrogens with one attached hydrogen (secondary N) is 2. The number of benzene rings is 1. The molecule has 2 amide bonds. The van der Waals surface area contributed by atoms with E-state index in [4.69, 9.17) is 0 Å². The van der Waals surface area contributed by atoms with Crippen LogP contribution in [0.3, 0.4) is 0 Å². The van der Waals surface area contributed by atoms with E-state index in [2.05, 4.69) is 26.6 Å². The number of carbonyl (C=O) groups excluding carboxylic acids is 2. The molecule has 0 atom stereocenters. The summed E-state index contributed by atoms with van der Waals surface area (Å²) >= 11 is 4.57. The molecule has 26 heavy (non-hydrogen) atoms. The van der Waals surface area contributed by atoms with E-state index in [9.17, 15) is 14.4 Å². The van der Waals surface area contributed by atoms with E-state index in [1.807, 2.05) is 39.0 Å². The predicted molar refractivity (Wildman–Crippen MR) is 108 cm³/mol. The largest absolute Gasteiger partial charge is 0.356 e. The van der Waals surface area contributed by atoms with E-state index in [0.717, 1.165) is 26.3 Å². The van der Waals surface area contributed by atoms with Gasteiger partial charge in [-0.05, 0) is 38.5 Å². The first-order chi connectivity index (χ1) is 12.3. The van der Waals surface area contributed by atoms with Gasteiger partial charge in [-0.1, -0.05) is 33.3 Å². The Hall–Kier alpha value is -1.93. The van der Waals surface area contributed by atoms with Gasteiger partial charge in [0, 0.05) is 46.7 Å². The van der Waals surface area contributed by atoms with Crippen molar-refractivity contribution < 1.29 is 9.59 Å². The lowest BCUT2D eigenvalue weighted by molar-refractivity contribution is -0.121. The number of aromatic nitrogens is 1. The first-order valence-corrected chi connectivity index (χ1v) is 9.88. The molecule has 1 heterocycles. The molecule has 2 rings (SSSR count). The number of nitrogens with zero attached hydrogens (tertiary/aromatic N) is 1. The van der Waals surface area contributed by atoms with Crippen LogP contribution in [0.25, 0.3) is 0 Å². The highest BCUT2D eigenvalue weighted by molar-refractivity contribution is 9.10. The first-order valence-electron chi connectivity index (χ1n) is 8.27. The Morgan fingerprint density at radius 1 is 1.15 bits per heavy atom. The van der Waals surface area contributed by atoms with Crippen LogP contribution in [0.1, 0.15) is 29.0 Å². The van der Waals surface area contributed by atoms with Gasteiger partial charge >= 0.3 is 4.87 Å². The van der Waals surface area contributed by atoms with Crippen molar-refractivity contribution in [2.24, 2.45) is 0 Å². The van der Waals surface area contributed by atoms with Crippen LogP contribution in [-0.2, 0) is 16.1 Å². The lowest BCUT2D eigenvalue weighted by atomic mass is 10.2. The molecule has 1 aromatic heterocycles. The summed E-state index contributed by atoms with van der Waals surface area (Å²) in [7, 11) is 0. The Bertz CT molecular complexity index is 873. The molecular weight excluding hydrogens is 418 g/mol. The second kappa shape index (κ2) is 9.14. The number of thiazole rings is 1.